The lowest BCUT2D eigenvalue weighted by Gasteiger charge is -2.44. The first-order valence-corrected chi connectivity index (χ1v) is 23.9. The molecular weight excluding hydrogens is 993 g/mol. The minimum atomic E-state index is -1.82. The first-order valence-electron chi connectivity index (χ1n) is 23.9. The lowest BCUT2D eigenvalue weighted by molar-refractivity contribution is -0.277. The molecule has 2 aliphatic heterocycles. The maximum Gasteiger partial charge on any atom is 0.407 e. The number of nitrogens with one attached hydrogen (secondary N) is 4. The predicted octanol–water partition coefficient (Wildman–Crippen LogP) is 0.606. The highest BCUT2D eigenvalue weighted by atomic mass is 16.7. The molecule has 0 aliphatic carbocycles. The molecule has 0 aromatic heterocycles. The highest BCUT2D eigenvalue weighted by Gasteiger charge is 2.51. The summed E-state index contributed by atoms with van der Waals surface area (Å²) >= 11 is 0. The average Bonchev–Trinajstić information content (AvgIpc) is 3.28. The Labute approximate surface area is 427 Å². The molecule has 0 aromatic carbocycles. The van der Waals surface area contributed by atoms with E-state index >= 15 is 0 Å². The van der Waals surface area contributed by atoms with E-state index in [1.807, 2.05) is 0 Å². The topological polar surface area (TPSA) is 367 Å². The van der Waals surface area contributed by atoms with Crippen LogP contribution in [0.4, 0.5) is 9.59 Å². The largest absolute Gasteiger partial charge is 0.481 e. The van der Waals surface area contributed by atoms with Crippen LogP contribution in [0.3, 0.4) is 0 Å². The second kappa shape index (κ2) is 32.7. The summed E-state index contributed by atoms with van der Waals surface area (Å²) in [4.78, 5) is 133. The fourth-order valence-electron chi connectivity index (χ4n) is 7.41. The molecule has 0 aromatic rings. The van der Waals surface area contributed by atoms with Gasteiger partial charge in [-0.1, -0.05) is 0 Å². The van der Waals surface area contributed by atoms with Gasteiger partial charge in [0.25, 0.3) is 0 Å². The Morgan fingerprint density at radius 3 is 1.46 bits per heavy atom. The van der Waals surface area contributed by atoms with E-state index in [1.54, 1.807) is 0 Å². The number of ether oxygens (including phenoxy) is 12. The molecule has 0 saturated carbocycles. The van der Waals surface area contributed by atoms with Gasteiger partial charge in [0.1, 0.15) is 55.6 Å². The molecule has 7 unspecified atom stereocenters. The molecule has 2 rings (SSSR count). The van der Waals surface area contributed by atoms with Crippen LogP contribution < -0.4 is 21.3 Å². The molecule has 2 fully saturated rings. The Hall–Kier alpha value is -6.39. The maximum absolute atomic E-state index is 12.5. The summed E-state index contributed by atoms with van der Waals surface area (Å²) in [7, 11) is 0. The molecule has 28 nitrogen and oxygen atoms in total. The van der Waals surface area contributed by atoms with Gasteiger partial charge < -0.3 is 83.2 Å². The lowest BCUT2D eigenvalue weighted by Crippen LogP contribution is -2.66. The number of hydrogen-bond donors (Lipinski definition) is 5. The van der Waals surface area contributed by atoms with Crippen molar-refractivity contribution in [2.75, 3.05) is 52.7 Å². The first-order chi connectivity index (χ1) is 34.8. The van der Waals surface area contributed by atoms with Crippen molar-refractivity contribution in [3.63, 3.8) is 0 Å². The van der Waals surface area contributed by atoms with Gasteiger partial charge in [0, 0.05) is 88.1 Å². The van der Waals surface area contributed by atoms with Crippen LogP contribution in [0.1, 0.15) is 107 Å². The number of alkyl carbamates (subject to hydrolysis) is 2. The van der Waals surface area contributed by atoms with Crippen molar-refractivity contribution < 1.29 is 115 Å². The maximum atomic E-state index is 12.5. The third-order valence-electron chi connectivity index (χ3n) is 10.7. The van der Waals surface area contributed by atoms with Crippen molar-refractivity contribution in [1.29, 1.82) is 0 Å². The summed E-state index contributed by atoms with van der Waals surface area (Å²) in [6, 6.07) is -2.28. The van der Waals surface area contributed by atoms with Crippen LogP contribution in [0.15, 0.2) is 0 Å². The van der Waals surface area contributed by atoms with E-state index in [4.69, 9.17) is 56.8 Å². The zero-order valence-corrected chi connectivity index (χ0v) is 43.2. The molecule has 2 saturated heterocycles. The third kappa shape index (κ3) is 24.6. The highest BCUT2D eigenvalue weighted by Crippen LogP contribution is 2.29. The van der Waals surface area contributed by atoms with Gasteiger partial charge in [-0.2, -0.15) is 0 Å². The van der Waals surface area contributed by atoms with Crippen molar-refractivity contribution in [2.24, 2.45) is 5.41 Å². The van der Waals surface area contributed by atoms with Crippen LogP contribution in [-0.4, -0.2) is 185 Å². The Morgan fingerprint density at radius 1 is 0.541 bits per heavy atom. The number of carboxylic acid groups (broad SMARTS) is 1. The van der Waals surface area contributed by atoms with Crippen LogP contribution in [0.25, 0.3) is 0 Å². The number of amides is 4. The molecule has 0 spiro atoms. The zero-order chi connectivity index (χ0) is 55.5. The zero-order valence-electron chi connectivity index (χ0n) is 43.2. The Morgan fingerprint density at radius 2 is 1.00 bits per heavy atom. The first kappa shape index (κ1) is 63.7. The van der Waals surface area contributed by atoms with Gasteiger partial charge in [-0.3, -0.25) is 43.2 Å². The summed E-state index contributed by atoms with van der Waals surface area (Å²) in [5.41, 5.74) is -1.82. The van der Waals surface area contributed by atoms with Gasteiger partial charge in [-0.15, -0.1) is 0 Å². The van der Waals surface area contributed by atoms with Crippen LogP contribution in [0.2, 0.25) is 0 Å². The summed E-state index contributed by atoms with van der Waals surface area (Å²) in [5.74, 6) is -6.75. The second-order valence-corrected chi connectivity index (χ2v) is 17.6. The number of carbonyl (C=O) groups is 11. The monoisotopic (exact) mass is 1060 g/mol. The number of hydrogen-bond acceptors (Lipinski definition) is 23. The highest BCUT2D eigenvalue weighted by molar-refractivity contribution is 5.77. The lowest BCUT2D eigenvalue weighted by atomic mass is 9.93. The fourth-order valence-corrected chi connectivity index (χ4v) is 7.41. The normalized spacial score (nSPS) is 24.3. The van der Waals surface area contributed by atoms with Crippen LogP contribution in [0, 0.1) is 5.41 Å². The Kier molecular flexibility index (Phi) is 28.2. The van der Waals surface area contributed by atoms with E-state index < -0.39 is 152 Å². The van der Waals surface area contributed by atoms with Crippen LogP contribution >= 0.6 is 0 Å². The van der Waals surface area contributed by atoms with E-state index in [9.17, 15) is 57.8 Å². The van der Waals surface area contributed by atoms with E-state index in [0.717, 1.165) is 34.6 Å². The second-order valence-electron chi connectivity index (χ2n) is 17.6. The molecule has 2 heterocycles. The molecule has 2 aliphatic rings. The molecule has 4 amide bonds. The van der Waals surface area contributed by atoms with E-state index in [2.05, 4.69) is 21.3 Å². The quantitative estimate of drug-likeness (QED) is 0.0407. The van der Waals surface area contributed by atoms with Gasteiger partial charge in [0.15, 0.2) is 30.9 Å². The summed E-state index contributed by atoms with van der Waals surface area (Å²) in [6.07, 6.45) is -8.94. The van der Waals surface area contributed by atoms with E-state index in [-0.39, 0.29) is 39.3 Å². The Balaban J connectivity index is 1.82. The minimum absolute atomic E-state index is 0.0410. The number of carbonyl (C=O) groups excluding carboxylic acids is 10. The molecule has 0 radical (unpaired) electrons. The Bertz CT molecular complexity index is 1920. The number of carboxylic acids is 1. The third-order valence-corrected chi connectivity index (χ3v) is 10.7. The van der Waals surface area contributed by atoms with E-state index in [0.29, 0.717) is 38.5 Å². The fraction of sp³-hybridized carbons (Fsp3) is 0.761. The van der Waals surface area contributed by atoms with Crippen molar-refractivity contribution in [3.8, 4) is 0 Å². The van der Waals surface area contributed by atoms with Crippen molar-refractivity contribution in [2.45, 2.75) is 169 Å². The molecule has 0 bridgehead atoms. The molecule has 5 N–H and O–H groups in total. The summed E-state index contributed by atoms with van der Waals surface area (Å²) in [6.45, 7) is 8.92. The minimum Gasteiger partial charge on any atom is -0.481 e. The molecule has 28 heteroatoms. The average molecular weight is 1070 g/mol. The summed E-state index contributed by atoms with van der Waals surface area (Å²) in [5, 5.41) is 20.1. The van der Waals surface area contributed by atoms with Gasteiger partial charge in [0.2, 0.25) is 11.8 Å². The van der Waals surface area contributed by atoms with Crippen molar-refractivity contribution in [3.05, 3.63) is 0 Å². The summed E-state index contributed by atoms with van der Waals surface area (Å²) < 4.78 is 66.1. The van der Waals surface area contributed by atoms with Gasteiger partial charge in [0.05, 0.1) is 6.61 Å². The van der Waals surface area contributed by atoms with Gasteiger partial charge in [-0.05, 0) is 45.4 Å². The molecule has 11 atom stereocenters. The molecular formula is C46H72N4O24. The number of aliphatic carboxylic acids is 1. The molecule has 420 valence electrons. The number of esters is 6. The SMILES string of the molecule is CC(=O)NC1C(OC(C)=O)[C@@H](OC(C)=O)C(COC(C)=O)O[C@H]1OCCCCCNC(=O)OCC(C)(COC(=O)NCCCCCO[C@@H]1OCC(OC(C)=O)C[C@H](OC(C)=O)C(OC(C)=O)C1NC(C)=O)C(=O)O. The standard InChI is InChI=1S/C46H72N4O24/c1-25(51)49-36-38(71-30(6)56)34(70-29(5)55)20-33(69-28(4)54)21-66-41(36)63-18-14-10-12-16-47-44(61)67-23-46(9,43(59)60)24-68-45(62)48-17-13-11-15-19-64-42-37(50-26(2)52)40(73-32(8)58)39(72-31(7)57)35(74-42)22-65-27(3)53/h33-42H,10-24H2,1-9H3,(H,47,61)(H,48,62)(H,49,51)(H,50,52)(H,59,60)/t33?,34-,35?,36?,37?,38?,39-,40?,41+,42+,46?/m0/s1. The number of rotatable bonds is 28. The number of unbranched alkanes of at least 4 members (excludes halogenated alkanes) is 4. The predicted molar refractivity (Wildman–Crippen MR) is 247 cm³/mol. The smallest absolute Gasteiger partial charge is 0.407 e. The molecule has 74 heavy (non-hydrogen) atoms. The van der Waals surface area contributed by atoms with Crippen molar-refractivity contribution in [1.82, 2.24) is 21.3 Å². The van der Waals surface area contributed by atoms with Gasteiger partial charge in [-0.25, -0.2) is 9.59 Å². The van der Waals surface area contributed by atoms with Gasteiger partial charge >= 0.3 is 54.0 Å². The van der Waals surface area contributed by atoms with Crippen LogP contribution in [0.5, 0.6) is 0 Å². The van der Waals surface area contributed by atoms with Crippen LogP contribution in [-0.2, 0) is 100.0 Å². The van der Waals surface area contributed by atoms with Crippen molar-refractivity contribution >= 4 is 65.8 Å². The van der Waals surface area contributed by atoms with E-state index in [1.165, 1.54) is 27.7 Å².